The van der Waals surface area contributed by atoms with Gasteiger partial charge in [0.05, 0.1) is 16.8 Å². The van der Waals surface area contributed by atoms with Crippen LogP contribution in [0.4, 0.5) is 5.13 Å². The van der Waals surface area contributed by atoms with Crippen molar-refractivity contribution in [1.82, 2.24) is 14.8 Å². The van der Waals surface area contributed by atoms with Crippen LogP contribution in [-0.2, 0) is 11.3 Å². The van der Waals surface area contributed by atoms with Crippen LogP contribution in [0.3, 0.4) is 0 Å². The van der Waals surface area contributed by atoms with Gasteiger partial charge in [-0.1, -0.05) is 12.1 Å². The molecule has 0 aliphatic carbocycles. The Morgan fingerprint density at radius 2 is 1.89 bits per heavy atom. The lowest BCUT2D eigenvalue weighted by Crippen LogP contribution is -2.47. The molecule has 1 aliphatic heterocycles. The molecule has 0 fully saturated rings. The Morgan fingerprint density at radius 1 is 1.25 bits per heavy atom. The maximum absolute atomic E-state index is 13.0. The van der Waals surface area contributed by atoms with Crippen molar-refractivity contribution in [3.63, 3.8) is 0 Å². The number of nitrogens with zero attached hydrogens (tertiary/aromatic N) is 3. The van der Waals surface area contributed by atoms with Crippen LogP contribution in [0.2, 0.25) is 0 Å². The standard InChI is InChI=1S/C19H22N4O3S2/c1-22(2)10-12-11-28-19(20-12)21-16(24)15(8-9-27-3)23-17(25)13-6-4-5-7-14(13)18(23)26/h4-7,11,15H,8-10H2,1-3H3,(H,20,21,24). The first-order valence-electron chi connectivity index (χ1n) is 8.78. The Bertz CT molecular complexity index is 862. The molecule has 2 heterocycles. The number of anilines is 1. The van der Waals surface area contributed by atoms with Gasteiger partial charge in [-0.3, -0.25) is 19.3 Å². The molecule has 0 saturated heterocycles. The van der Waals surface area contributed by atoms with Crippen molar-refractivity contribution in [3.8, 4) is 0 Å². The van der Waals surface area contributed by atoms with Crippen LogP contribution in [0.1, 0.15) is 32.8 Å². The highest BCUT2D eigenvalue weighted by Crippen LogP contribution is 2.27. The Balaban J connectivity index is 1.80. The summed E-state index contributed by atoms with van der Waals surface area (Å²) in [7, 11) is 3.89. The van der Waals surface area contributed by atoms with Gasteiger partial charge in [0.15, 0.2) is 5.13 Å². The number of hydrogen-bond acceptors (Lipinski definition) is 7. The summed E-state index contributed by atoms with van der Waals surface area (Å²) in [6, 6.07) is 5.79. The SMILES string of the molecule is CSCCC(C(=O)Nc1nc(CN(C)C)cs1)N1C(=O)c2ccccc2C1=O. The number of fused-ring (bicyclic) bond motifs is 1. The molecule has 2 aromatic rings. The predicted octanol–water partition coefficient (Wildman–Crippen LogP) is 2.56. The summed E-state index contributed by atoms with van der Waals surface area (Å²) in [5.41, 5.74) is 1.54. The molecule has 1 aromatic heterocycles. The maximum atomic E-state index is 13.0. The molecule has 1 atom stereocenters. The lowest BCUT2D eigenvalue weighted by molar-refractivity contribution is -0.120. The van der Waals surface area contributed by atoms with E-state index in [2.05, 4.69) is 10.3 Å². The van der Waals surface area contributed by atoms with Gasteiger partial charge in [-0.25, -0.2) is 4.98 Å². The first kappa shape index (κ1) is 20.5. The van der Waals surface area contributed by atoms with Crippen molar-refractivity contribution in [3.05, 3.63) is 46.5 Å². The van der Waals surface area contributed by atoms with Gasteiger partial charge in [0.2, 0.25) is 5.91 Å². The fraction of sp³-hybridized carbons (Fsp3) is 0.368. The summed E-state index contributed by atoms with van der Waals surface area (Å²) in [6.45, 7) is 0.667. The van der Waals surface area contributed by atoms with E-state index in [1.54, 1.807) is 36.0 Å². The molecular weight excluding hydrogens is 396 g/mol. The summed E-state index contributed by atoms with van der Waals surface area (Å²) in [4.78, 5) is 46.0. The zero-order valence-corrected chi connectivity index (χ0v) is 17.6. The number of nitrogens with one attached hydrogen (secondary N) is 1. The lowest BCUT2D eigenvalue weighted by atomic mass is 10.1. The van der Waals surface area contributed by atoms with Crippen LogP contribution in [-0.4, -0.2) is 64.7 Å². The van der Waals surface area contributed by atoms with Crippen molar-refractivity contribution in [2.75, 3.05) is 31.4 Å². The Labute approximate surface area is 172 Å². The van der Waals surface area contributed by atoms with Gasteiger partial charge in [-0.15, -0.1) is 11.3 Å². The molecule has 148 valence electrons. The van der Waals surface area contributed by atoms with Gasteiger partial charge in [-0.05, 0) is 44.7 Å². The second kappa shape index (κ2) is 8.85. The van der Waals surface area contributed by atoms with Gasteiger partial charge in [0.25, 0.3) is 11.8 Å². The molecule has 3 amide bonds. The summed E-state index contributed by atoms with van der Waals surface area (Å²) in [6.07, 6.45) is 2.31. The van der Waals surface area contributed by atoms with Gasteiger partial charge in [-0.2, -0.15) is 11.8 Å². The summed E-state index contributed by atoms with van der Waals surface area (Å²) in [5.74, 6) is -0.590. The smallest absolute Gasteiger partial charge is 0.262 e. The van der Waals surface area contributed by atoms with Crippen LogP contribution in [0, 0.1) is 0 Å². The minimum Gasteiger partial charge on any atom is -0.304 e. The molecule has 28 heavy (non-hydrogen) atoms. The van der Waals surface area contributed by atoms with E-state index in [4.69, 9.17) is 0 Å². The van der Waals surface area contributed by atoms with E-state index in [-0.39, 0.29) is 0 Å². The number of carbonyl (C=O) groups excluding carboxylic acids is 3. The highest BCUT2D eigenvalue weighted by atomic mass is 32.2. The van der Waals surface area contributed by atoms with E-state index in [1.807, 2.05) is 30.6 Å². The summed E-state index contributed by atoms with van der Waals surface area (Å²) < 4.78 is 0. The number of benzene rings is 1. The van der Waals surface area contributed by atoms with Crippen molar-refractivity contribution in [2.24, 2.45) is 0 Å². The number of thioether (sulfide) groups is 1. The zero-order chi connectivity index (χ0) is 20.3. The van der Waals surface area contributed by atoms with E-state index >= 15 is 0 Å². The second-order valence-electron chi connectivity index (χ2n) is 6.69. The largest absolute Gasteiger partial charge is 0.304 e. The Hall–Kier alpha value is -2.23. The van der Waals surface area contributed by atoms with E-state index < -0.39 is 23.8 Å². The molecule has 0 radical (unpaired) electrons. The predicted molar refractivity (Wildman–Crippen MR) is 112 cm³/mol. The molecule has 1 aliphatic rings. The highest BCUT2D eigenvalue weighted by Gasteiger charge is 2.42. The van der Waals surface area contributed by atoms with Crippen molar-refractivity contribution in [2.45, 2.75) is 19.0 Å². The van der Waals surface area contributed by atoms with Gasteiger partial charge >= 0.3 is 0 Å². The van der Waals surface area contributed by atoms with Crippen LogP contribution in [0.5, 0.6) is 0 Å². The van der Waals surface area contributed by atoms with Gasteiger partial charge < -0.3 is 10.2 Å². The van der Waals surface area contributed by atoms with E-state index in [0.29, 0.717) is 35.0 Å². The quantitative estimate of drug-likeness (QED) is 0.664. The minimum atomic E-state index is -0.874. The third kappa shape index (κ3) is 4.26. The van der Waals surface area contributed by atoms with E-state index in [1.165, 1.54) is 11.3 Å². The third-order valence-corrected chi connectivity index (χ3v) is 5.75. The van der Waals surface area contributed by atoms with Crippen molar-refractivity contribution >= 4 is 46.0 Å². The number of hydrogen-bond donors (Lipinski definition) is 1. The monoisotopic (exact) mass is 418 g/mol. The van der Waals surface area contributed by atoms with Crippen LogP contribution in [0.15, 0.2) is 29.6 Å². The van der Waals surface area contributed by atoms with Crippen molar-refractivity contribution < 1.29 is 14.4 Å². The molecular formula is C19H22N4O3S2. The van der Waals surface area contributed by atoms with Gasteiger partial charge in [0, 0.05) is 11.9 Å². The first-order chi connectivity index (χ1) is 13.4. The molecule has 0 bridgehead atoms. The van der Waals surface area contributed by atoms with Crippen molar-refractivity contribution in [1.29, 1.82) is 0 Å². The minimum absolute atomic E-state index is 0.344. The van der Waals surface area contributed by atoms with E-state index in [0.717, 1.165) is 10.6 Å². The number of aromatic nitrogens is 1. The topological polar surface area (TPSA) is 82.6 Å². The first-order valence-corrected chi connectivity index (χ1v) is 11.1. The number of carbonyl (C=O) groups is 3. The summed E-state index contributed by atoms with van der Waals surface area (Å²) >= 11 is 2.89. The normalized spacial score (nSPS) is 14.5. The molecule has 1 unspecified atom stereocenters. The highest BCUT2D eigenvalue weighted by molar-refractivity contribution is 7.98. The fourth-order valence-corrected chi connectivity index (χ4v) is 4.21. The zero-order valence-electron chi connectivity index (χ0n) is 16.0. The lowest BCUT2D eigenvalue weighted by Gasteiger charge is -2.24. The maximum Gasteiger partial charge on any atom is 0.262 e. The number of amides is 3. The average molecular weight is 419 g/mol. The Kier molecular flexibility index (Phi) is 6.48. The molecule has 9 heteroatoms. The van der Waals surface area contributed by atoms with Crippen LogP contribution in [0.25, 0.3) is 0 Å². The van der Waals surface area contributed by atoms with Crippen LogP contribution >= 0.6 is 23.1 Å². The molecule has 3 rings (SSSR count). The van der Waals surface area contributed by atoms with E-state index in [9.17, 15) is 14.4 Å². The third-order valence-electron chi connectivity index (χ3n) is 4.30. The number of rotatable bonds is 8. The molecule has 7 nitrogen and oxygen atoms in total. The Morgan fingerprint density at radius 3 is 2.46 bits per heavy atom. The number of imide groups is 1. The average Bonchev–Trinajstić information content (AvgIpc) is 3.19. The van der Waals surface area contributed by atoms with Gasteiger partial charge in [0.1, 0.15) is 6.04 Å². The number of thiazole rings is 1. The molecule has 0 spiro atoms. The molecule has 1 aromatic carbocycles. The second-order valence-corrected chi connectivity index (χ2v) is 8.54. The molecule has 0 saturated carbocycles. The molecule has 1 N–H and O–H groups in total. The van der Waals surface area contributed by atoms with Crippen LogP contribution < -0.4 is 5.32 Å². The fourth-order valence-electron chi connectivity index (χ4n) is 3.05. The summed E-state index contributed by atoms with van der Waals surface area (Å²) in [5, 5.41) is 5.13.